The highest BCUT2D eigenvalue weighted by atomic mass is 32.1. The molecule has 1 aromatic carbocycles. The maximum atomic E-state index is 13.4. The number of ketones is 1. The Bertz CT molecular complexity index is 909. The molecule has 7 heteroatoms. The van der Waals surface area contributed by atoms with E-state index in [4.69, 9.17) is 4.52 Å². The molecular weight excluding hydrogens is 336 g/mol. The second kappa shape index (κ2) is 5.83. The van der Waals surface area contributed by atoms with Gasteiger partial charge in [0, 0.05) is 12.5 Å². The lowest BCUT2D eigenvalue weighted by atomic mass is 10.1. The van der Waals surface area contributed by atoms with Crippen molar-refractivity contribution in [3.05, 3.63) is 58.2 Å². The SMILES string of the molecule is Cc1c(-c2ccc(C(=O)c3ccccc3O)s2)noc1C(C)(F)F. The average molecular weight is 349 g/mol. The number of alkyl halides is 2. The molecule has 0 radical (unpaired) electrons. The van der Waals surface area contributed by atoms with Crippen LogP contribution in [0.4, 0.5) is 8.78 Å². The fourth-order valence-corrected chi connectivity index (χ4v) is 3.36. The summed E-state index contributed by atoms with van der Waals surface area (Å²) < 4.78 is 31.6. The predicted octanol–water partition coefficient (Wildman–Crippen LogP) is 4.76. The van der Waals surface area contributed by atoms with Gasteiger partial charge in [0.2, 0.25) is 11.5 Å². The number of carbonyl (C=O) groups excluding carboxylic acids is 1. The summed E-state index contributed by atoms with van der Waals surface area (Å²) in [5.41, 5.74) is 0.710. The largest absolute Gasteiger partial charge is 0.507 e. The molecular formula is C17H13F2NO3S. The standard InChI is InChI=1S/C17H13F2NO3S/c1-9-14(20-23-16(9)17(2,18)19)12-7-8-13(24-12)15(22)10-5-3-4-6-11(10)21/h3-8,21H,1-2H3. The highest BCUT2D eigenvalue weighted by Gasteiger charge is 2.33. The van der Waals surface area contributed by atoms with Gasteiger partial charge in [0.05, 0.1) is 15.3 Å². The van der Waals surface area contributed by atoms with E-state index < -0.39 is 11.7 Å². The molecule has 0 saturated heterocycles. The zero-order valence-corrected chi connectivity index (χ0v) is 13.7. The average Bonchev–Trinajstić information content (AvgIpc) is 3.12. The Balaban J connectivity index is 1.96. The number of carbonyl (C=O) groups is 1. The smallest absolute Gasteiger partial charge is 0.304 e. The van der Waals surface area contributed by atoms with Crippen molar-refractivity contribution in [1.82, 2.24) is 5.16 Å². The minimum atomic E-state index is -3.12. The third-order valence-electron chi connectivity index (χ3n) is 3.53. The van der Waals surface area contributed by atoms with Crippen LogP contribution in [0.15, 0.2) is 40.9 Å². The number of aromatic hydroxyl groups is 1. The van der Waals surface area contributed by atoms with Gasteiger partial charge in [-0.2, -0.15) is 8.78 Å². The Kier molecular flexibility index (Phi) is 3.96. The first-order valence-corrected chi connectivity index (χ1v) is 7.88. The van der Waals surface area contributed by atoms with E-state index in [1.807, 2.05) is 0 Å². The molecule has 124 valence electrons. The van der Waals surface area contributed by atoms with Gasteiger partial charge >= 0.3 is 5.92 Å². The first kappa shape index (κ1) is 16.3. The number of rotatable bonds is 4. The summed E-state index contributed by atoms with van der Waals surface area (Å²) in [4.78, 5) is 13.4. The second-order valence-corrected chi connectivity index (χ2v) is 6.47. The van der Waals surface area contributed by atoms with Gasteiger partial charge in [-0.1, -0.05) is 17.3 Å². The fourth-order valence-electron chi connectivity index (χ4n) is 2.36. The van der Waals surface area contributed by atoms with Crippen LogP contribution in [0.3, 0.4) is 0 Å². The fraction of sp³-hybridized carbons (Fsp3) is 0.176. The van der Waals surface area contributed by atoms with Crippen molar-refractivity contribution >= 4 is 17.1 Å². The van der Waals surface area contributed by atoms with Crippen LogP contribution in [0.5, 0.6) is 5.75 Å². The Hall–Kier alpha value is -2.54. The maximum Gasteiger partial charge on any atom is 0.304 e. The van der Waals surface area contributed by atoms with Gasteiger partial charge in [0.15, 0.2) is 0 Å². The number of hydrogen-bond acceptors (Lipinski definition) is 5. The highest BCUT2D eigenvalue weighted by Crippen LogP contribution is 2.37. The molecule has 1 N–H and O–H groups in total. The number of aromatic nitrogens is 1. The molecule has 0 atom stereocenters. The maximum absolute atomic E-state index is 13.4. The van der Waals surface area contributed by atoms with Crippen molar-refractivity contribution in [2.45, 2.75) is 19.8 Å². The van der Waals surface area contributed by atoms with Crippen LogP contribution in [-0.2, 0) is 5.92 Å². The van der Waals surface area contributed by atoms with Gasteiger partial charge in [-0.3, -0.25) is 4.79 Å². The molecule has 3 aromatic rings. The van der Waals surface area contributed by atoms with Crippen molar-refractivity contribution in [3.8, 4) is 16.3 Å². The minimum Gasteiger partial charge on any atom is -0.507 e. The van der Waals surface area contributed by atoms with E-state index in [0.717, 1.165) is 18.3 Å². The molecule has 4 nitrogen and oxygen atoms in total. The van der Waals surface area contributed by atoms with E-state index in [2.05, 4.69) is 5.16 Å². The molecule has 0 saturated carbocycles. The van der Waals surface area contributed by atoms with Crippen LogP contribution in [-0.4, -0.2) is 16.0 Å². The monoisotopic (exact) mass is 349 g/mol. The van der Waals surface area contributed by atoms with E-state index in [1.54, 1.807) is 24.3 Å². The van der Waals surface area contributed by atoms with E-state index in [1.165, 1.54) is 19.1 Å². The lowest BCUT2D eigenvalue weighted by molar-refractivity contribution is -0.0112. The predicted molar refractivity (Wildman–Crippen MR) is 85.7 cm³/mol. The van der Waals surface area contributed by atoms with Crippen molar-refractivity contribution in [2.75, 3.05) is 0 Å². The highest BCUT2D eigenvalue weighted by molar-refractivity contribution is 7.17. The summed E-state index contributed by atoms with van der Waals surface area (Å²) in [5.74, 6) is -4.06. The molecule has 0 unspecified atom stereocenters. The van der Waals surface area contributed by atoms with Crippen molar-refractivity contribution < 1.29 is 23.2 Å². The molecule has 0 aliphatic carbocycles. The van der Waals surface area contributed by atoms with Crippen LogP contribution < -0.4 is 0 Å². The third-order valence-corrected chi connectivity index (χ3v) is 4.63. The molecule has 2 heterocycles. The topological polar surface area (TPSA) is 63.3 Å². The number of nitrogens with zero attached hydrogens (tertiary/aromatic N) is 1. The summed E-state index contributed by atoms with van der Waals surface area (Å²) in [6, 6.07) is 9.43. The summed E-state index contributed by atoms with van der Waals surface area (Å²) in [6.45, 7) is 2.24. The molecule has 0 fully saturated rings. The van der Waals surface area contributed by atoms with Gasteiger partial charge < -0.3 is 9.63 Å². The van der Waals surface area contributed by atoms with E-state index in [-0.39, 0.29) is 28.4 Å². The quantitative estimate of drug-likeness (QED) is 0.690. The van der Waals surface area contributed by atoms with Crippen LogP contribution >= 0.6 is 11.3 Å². The van der Waals surface area contributed by atoms with Crippen molar-refractivity contribution in [2.24, 2.45) is 0 Å². The number of phenolic OH excluding ortho intramolecular Hbond substituents is 1. The Labute approximate surface area is 140 Å². The number of halogens is 2. The number of benzene rings is 1. The number of phenols is 1. The van der Waals surface area contributed by atoms with E-state index >= 15 is 0 Å². The van der Waals surface area contributed by atoms with Gasteiger partial charge in [0.25, 0.3) is 0 Å². The summed E-state index contributed by atoms with van der Waals surface area (Å²) in [7, 11) is 0. The number of para-hydroxylation sites is 1. The summed E-state index contributed by atoms with van der Waals surface area (Å²) >= 11 is 1.11. The van der Waals surface area contributed by atoms with Crippen LogP contribution in [0.2, 0.25) is 0 Å². The first-order valence-electron chi connectivity index (χ1n) is 7.06. The molecule has 0 spiro atoms. The third kappa shape index (κ3) is 2.82. The molecule has 3 rings (SSSR count). The van der Waals surface area contributed by atoms with Crippen LogP contribution in [0.1, 0.15) is 33.5 Å². The van der Waals surface area contributed by atoms with E-state index in [0.29, 0.717) is 9.75 Å². The van der Waals surface area contributed by atoms with Gasteiger partial charge in [-0.15, -0.1) is 11.3 Å². The van der Waals surface area contributed by atoms with Crippen molar-refractivity contribution in [3.63, 3.8) is 0 Å². The van der Waals surface area contributed by atoms with Gasteiger partial charge in [-0.25, -0.2) is 0 Å². The zero-order chi connectivity index (χ0) is 17.5. The Morgan fingerprint density at radius 2 is 1.96 bits per heavy atom. The van der Waals surface area contributed by atoms with E-state index in [9.17, 15) is 18.7 Å². The minimum absolute atomic E-state index is 0.108. The summed E-state index contributed by atoms with van der Waals surface area (Å²) in [5, 5.41) is 13.5. The molecule has 0 amide bonds. The molecule has 2 aromatic heterocycles. The first-order chi connectivity index (χ1) is 11.3. The lowest BCUT2D eigenvalue weighted by Gasteiger charge is -2.05. The molecule has 24 heavy (non-hydrogen) atoms. The second-order valence-electron chi connectivity index (χ2n) is 5.38. The molecule has 0 aliphatic heterocycles. The van der Waals surface area contributed by atoms with Crippen molar-refractivity contribution in [1.29, 1.82) is 0 Å². The normalized spacial score (nSPS) is 11.7. The summed E-state index contributed by atoms with van der Waals surface area (Å²) in [6.07, 6.45) is 0. The molecule has 0 bridgehead atoms. The molecule has 0 aliphatic rings. The van der Waals surface area contributed by atoms with Crippen LogP contribution in [0.25, 0.3) is 10.6 Å². The van der Waals surface area contributed by atoms with Crippen LogP contribution in [0, 0.1) is 6.92 Å². The van der Waals surface area contributed by atoms with Gasteiger partial charge in [-0.05, 0) is 31.2 Å². The number of thiophene rings is 1. The Morgan fingerprint density at radius 3 is 2.58 bits per heavy atom. The lowest BCUT2D eigenvalue weighted by Crippen LogP contribution is -2.06. The van der Waals surface area contributed by atoms with Gasteiger partial charge in [0.1, 0.15) is 11.4 Å². The number of hydrogen-bond donors (Lipinski definition) is 1. The zero-order valence-electron chi connectivity index (χ0n) is 12.8. The Morgan fingerprint density at radius 1 is 1.25 bits per heavy atom.